The van der Waals surface area contributed by atoms with Crippen LogP contribution in [0.4, 0.5) is 10.5 Å². The summed E-state index contributed by atoms with van der Waals surface area (Å²) >= 11 is 0. The van der Waals surface area contributed by atoms with Gasteiger partial charge >= 0.3 is 6.09 Å². The molecule has 2 aromatic carbocycles. The highest BCUT2D eigenvalue weighted by molar-refractivity contribution is 5.99. The van der Waals surface area contributed by atoms with Crippen molar-refractivity contribution in [2.24, 2.45) is 5.92 Å². The number of unbranched alkanes of at least 4 members (excludes halogenated alkanes) is 3. The predicted octanol–water partition coefficient (Wildman–Crippen LogP) is 6.35. The van der Waals surface area contributed by atoms with Gasteiger partial charge in [0.05, 0.1) is 7.11 Å². The molecule has 0 heterocycles. The molecule has 0 aliphatic rings. The van der Waals surface area contributed by atoms with E-state index in [9.17, 15) is 19.5 Å². The molecule has 9 heteroatoms. The Labute approximate surface area is 244 Å². The summed E-state index contributed by atoms with van der Waals surface area (Å²) in [5.74, 6) is -0.336. The number of alkyl carbamates (subject to hydrolysis) is 1. The molecule has 0 spiro atoms. The number of anilines is 1. The molecule has 0 saturated carbocycles. The number of ether oxygens (including phenoxy) is 2. The molecule has 0 radical (unpaired) electrons. The second-order valence-corrected chi connectivity index (χ2v) is 11.6. The fourth-order valence-electron chi connectivity index (χ4n) is 4.41. The largest absolute Gasteiger partial charge is 0.508 e. The van der Waals surface area contributed by atoms with Gasteiger partial charge < -0.3 is 30.1 Å². The number of aromatic hydroxyl groups is 1. The molecule has 0 aliphatic carbocycles. The van der Waals surface area contributed by atoms with Gasteiger partial charge in [-0.3, -0.25) is 9.59 Å². The topological polar surface area (TPSA) is 117 Å². The van der Waals surface area contributed by atoms with Crippen molar-refractivity contribution in [2.75, 3.05) is 19.0 Å². The Hall–Kier alpha value is -3.75. The number of aryl methyl sites for hydroxylation is 1. The van der Waals surface area contributed by atoms with Crippen molar-refractivity contribution in [2.45, 2.75) is 91.8 Å². The molecule has 2 aromatic rings. The number of amides is 3. The van der Waals surface area contributed by atoms with Gasteiger partial charge in [-0.2, -0.15) is 0 Å². The van der Waals surface area contributed by atoms with E-state index in [-0.39, 0.29) is 17.6 Å². The maximum Gasteiger partial charge on any atom is 0.408 e. The van der Waals surface area contributed by atoms with Gasteiger partial charge in [-0.05, 0) is 87.6 Å². The maximum absolute atomic E-state index is 14.3. The summed E-state index contributed by atoms with van der Waals surface area (Å²) in [6, 6.07) is 9.87. The van der Waals surface area contributed by atoms with Crippen LogP contribution in [0.3, 0.4) is 0 Å². The molecule has 2 rings (SSSR count). The molecular weight excluding hydrogens is 522 g/mol. The Morgan fingerprint density at radius 1 is 1.00 bits per heavy atom. The lowest BCUT2D eigenvalue weighted by Gasteiger charge is -2.36. The molecule has 226 valence electrons. The number of phenolic OH excluding ortho intramolecular Hbond substituents is 1. The van der Waals surface area contributed by atoms with Gasteiger partial charge in [-0.15, -0.1) is 0 Å². The Morgan fingerprint density at radius 3 is 2.20 bits per heavy atom. The van der Waals surface area contributed by atoms with E-state index >= 15 is 0 Å². The number of nitrogens with zero attached hydrogens (tertiary/aromatic N) is 1. The van der Waals surface area contributed by atoms with Gasteiger partial charge in [0.1, 0.15) is 29.2 Å². The van der Waals surface area contributed by atoms with Crippen molar-refractivity contribution in [1.82, 2.24) is 10.2 Å². The number of carbonyl (C=O) groups excluding carboxylic acids is 3. The molecule has 2 unspecified atom stereocenters. The van der Waals surface area contributed by atoms with E-state index in [0.717, 1.165) is 19.3 Å². The summed E-state index contributed by atoms with van der Waals surface area (Å²) in [6.07, 6.45) is 2.87. The first-order valence-electron chi connectivity index (χ1n) is 14.3. The van der Waals surface area contributed by atoms with Crippen LogP contribution < -0.4 is 15.4 Å². The van der Waals surface area contributed by atoms with Gasteiger partial charge in [-0.25, -0.2) is 4.79 Å². The summed E-state index contributed by atoms with van der Waals surface area (Å²) in [5, 5.41) is 15.9. The summed E-state index contributed by atoms with van der Waals surface area (Å²) in [5.41, 5.74) is 0.936. The highest BCUT2D eigenvalue weighted by Gasteiger charge is 2.37. The van der Waals surface area contributed by atoms with Crippen LogP contribution in [0.2, 0.25) is 0 Å². The molecule has 2 atom stereocenters. The van der Waals surface area contributed by atoms with Crippen molar-refractivity contribution in [1.29, 1.82) is 0 Å². The molecule has 0 aliphatic heterocycles. The number of benzene rings is 2. The van der Waals surface area contributed by atoms with Crippen molar-refractivity contribution in [3.8, 4) is 11.5 Å². The van der Waals surface area contributed by atoms with Gasteiger partial charge in [0.15, 0.2) is 0 Å². The van der Waals surface area contributed by atoms with Gasteiger partial charge in [0.25, 0.3) is 5.91 Å². The Morgan fingerprint density at radius 2 is 1.66 bits per heavy atom. The predicted molar refractivity (Wildman–Crippen MR) is 161 cm³/mol. The Balaban J connectivity index is 2.55. The average molecular weight is 570 g/mol. The molecule has 9 nitrogen and oxygen atoms in total. The SMILES string of the molecule is CCCCCCN(C(=O)C(NC(=O)OC(C)(C)C)C(C)C)C(C(=O)Nc1ccc(OC)cc1)c1ccc(O)c(C)c1. The molecule has 3 N–H and O–H groups in total. The number of methoxy groups -OCH3 is 1. The molecule has 0 saturated heterocycles. The molecule has 41 heavy (non-hydrogen) atoms. The third kappa shape index (κ3) is 10.3. The highest BCUT2D eigenvalue weighted by Crippen LogP contribution is 2.29. The van der Waals surface area contributed by atoms with Crippen LogP contribution in [0, 0.1) is 12.8 Å². The van der Waals surface area contributed by atoms with Crippen LogP contribution in [-0.4, -0.2) is 53.2 Å². The first-order chi connectivity index (χ1) is 19.3. The molecule has 0 bridgehead atoms. The first kappa shape index (κ1) is 33.5. The van der Waals surface area contributed by atoms with E-state index in [1.54, 1.807) is 76.1 Å². The highest BCUT2D eigenvalue weighted by atomic mass is 16.6. The standard InChI is InChI=1S/C32H47N3O6/c1-9-10-11-12-19-35(30(38)27(21(2)3)34-31(39)41-32(5,6)7)28(23-13-18-26(36)22(4)20-23)29(37)33-24-14-16-25(40-8)17-15-24/h13-18,20-21,27-28,36H,9-12,19H2,1-8H3,(H,33,37)(H,34,39). The lowest BCUT2D eigenvalue weighted by molar-refractivity contribution is -0.141. The quantitative estimate of drug-likeness (QED) is 0.242. The van der Waals surface area contributed by atoms with Crippen LogP contribution >= 0.6 is 0 Å². The molecular formula is C32H47N3O6. The van der Waals surface area contributed by atoms with Crippen LogP contribution in [0.15, 0.2) is 42.5 Å². The molecule has 0 aromatic heterocycles. The van der Waals surface area contributed by atoms with Crippen molar-refractivity contribution in [3.63, 3.8) is 0 Å². The van der Waals surface area contributed by atoms with Crippen LogP contribution in [0.25, 0.3) is 0 Å². The van der Waals surface area contributed by atoms with Gasteiger partial charge in [-0.1, -0.05) is 46.1 Å². The zero-order valence-electron chi connectivity index (χ0n) is 25.7. The molecule has 3 amide bonds. The zero-order valence-corrected chi connectivity index (χ0v) is 25.7. The average Bonchev–Trinajstić information content (AvgIpc) is 2.89. The lowest BCUT2D eigenvalue weighted by atomic mass is 9.97. The van der Waals surface area contributed by atoms with Gasteiger partial charge in [0, 0.05) is 12.2 Å². The fraction of sp³-hybridized carbons (Fsp3) is 0.531. The Bertz CT molecular complexity index is 1160. The van der Waals surface area contributed by atoms with E-state index in [1.165, 1.54) is 6.07 Å². The number of nitrogens with one attached hydrogen (secondary N) is 2. The minimum atomic E-state index is -1.02. The summed E-state index contributed by atoms with van der Waals surface area (Å²) in [6.45, 7) is 13.1. The second kappa shape index (κ2) is 15.3. The van der Waals surface area contributed by atoms with Crippen LogP contribution in [0.5, 0.6) is 11.5 Å². The summed E-state index contributed by atoms with van der Waals surface area (Å²) in [4.78, 5) is 42.5. The fourth-order valence-corrected chi connectivity index (χ4v) is 4.41. The summed E-state index contributed by atoms with van der Waals surface area (Å²) < 4.78 is 10.7. The minimum absolute atomic E-state index is 0.0931. The molecule has 0 fully saturated rings. The maximum atomic E-state index is 14.3. The number of hydrogen-bond acceptors (Lipinski definition) is 6. The zero-order chi connectivity index (χ0) is 30.7. The van der Waals surface area contributed by atoms with Crippen LogP contribution in [0.1, 0.15) is 84.4 Å². The Kier molecular flexibility index (Phi) is 12.5. The van der Waals surface area contributed by atoms with Crippen molar-refractivity contribution >= 4 is 23.6 Å². The number of phenols is 1. The number of rotatable bonds is 13. The number of carbonyl (C=O) groups is 3. The van der Waals surface area contributed by atoms with Crippen molar-refractivity contribution in [3.05, 3.63) is 53.6 Å². The monoisotopic (exact) mass is 569 g/mol. The van der Waals surface area contributed by atoms with E-state index in [2.05, 4.69) is 17.6 Å². The first-order valence-corrected chi connectivity index (χ1v) is 14.3. The normalized spacial score (nSPS) is 12.8. The summed E-state index contributed by atoms with van der Waals surface area (Å²) in [7, 11) is 1.56. The lowest BCUT2D eigenvalue weighted by Crippen LogP contribution is -2.54. The number of hydrogen-bond donors (Lipinski definition) is 3. The second-order valence-electron chi connectivity index (χ2n) is 11.6. The third-order valence-electron chi connectivity index (χ3n) is 6.59. The van der Waals surface area contributed by atoms with E-state index in [4.69, 9.17) is 9.47 Å². The smallest absolute Gasteiger partial charge is 0.408 e. The van der Waals surface area contributed by atoms with Crippen molar-refractivity contribution < 1.29 is 29.0 Å². The minimum Gasteiger partial charge on any atom is -0.508 e. The van der Waals surface area contributed by atoms with Gasteiger partial charge in [0.2, 0.25) is 5.91 Å². The van der Waals surface area contributed by atoms with Crippen LogP contribution in [-0.2, 0) is 14.3 Å². The van der Waals surface area contributed by atoms with E-state index < -0.39 is 29.7 Å². The third-order valence-corrected chi connectivity index (χ3v) is 6.59. The van der Waals surface area contributed by atoms with E-state index in [0.29, 0.717) is 35.5 Å². The van der Waals surface area contributed by atoms with E-state index in [1.807, 2.05) is 13.8 Å².